The minimum Gasteiger partial charge on any atom is -0.462 e. The third kappa shape index (κ3) is 2.16. The molecule has 4 heteroatoms. The molecule has 0 spiro atoms. The largest absolute Gasteiger partial charge is 0.462 e. The van der Waals surface area contributed by atoms with Crippen molar-refractivity contribution >= 4 is 17.5 Å². The van der Waals surface area contributed by atoms with Crippen LogP contribution in [0, 0.1) is 28.1 Å². The standard InChI is InChI=1S/C22H30O4/c1-13(23)26-15-7-9-20(2)14(11-15)12-19(25)22(4)16-5-6-18(24)21(16,3)10-8-17(20)22/h12,15-17H,5-11H2,1-4H3/t15-,16+,17+,20-,21-,22-/m0/s1. The lowest BCUT2D eigenvalue weighted by Crippen LogP contribution is -2.59. The van der Waals surface area contributed by atoms with Crippen LogP contribution < -0.4 is 0 Å². The second-order valence-corrected chi connectivity index (χ2v) is 9.73. The first-order valence-corrected chi connectivity index (χ1v) is 10.1. The molecule has 4 aliphatic carbocycles. The van der Waals surface area contributed by atoms with Gasteiger partial charge in [0.2, 0.25) is 0 Å². The monoisotopic (exact) mass is 358 g/mol. The van der Waals surface area contributed by atoms with Gasteiger partial charge in [0.25, 0.3) is 0 Å². The van der Waals surface area contributed by atoms with Gasteiger partial charge in [0.1, 0.15) is 11.9 Å². The Morgan fingerprint density at radius 2 is 1.69 bits per heavy atom. The van der Waals surface area contributed by atoms with Crippen LogP contribution in [-0.4, -0.2) is 23.6 Å². The van der Waals surface area contributed by atoms with Gasteiger partial charge < -0.3 is 4.74 Å². The van der Waals surface area contributed by atoms with Crippen LogP contribution in [0.1, 0.15) is 72.6 Å². The summed E-state index contributed by atoms with van der Waals surface area (Å²) in [6.45, 7) is 7.99. The van der Waals surface area contributed by atoms with Gasteiger partial charge in [-0.05, 0) is 55.4 Å². The first-order chi connectivity index (χ1) is 12.1. The molecule has 0 saturated heterocycles. The molecule has 0 bridgehead atoms. The summed E-state index contributed by atoms with van der Waals surface area (Å²) in [5.41, 5.74) is 0.380. The molecule has 0 amide bonds. The number of rotatable bonds is 1. The quantitative estimate of drug-likeness (QED) is 0.664. The second kappa shape index (κ2) is 5.53. The highest BCUT2D eigenvalue weighted by molar-refractivity contribution is 5.99. The lowest BCUT2D eigenvalue weighted by Gasteiger charge is -2.61. The Kier molecular flexibility index (Phi) is 3.81. The van der Waals surface area contributed by atoms with Crippen molar-refractivity contribution in [2.24, 2.45) is 28.1 Å². The Bertz CT molecular complexity index is 722. The zero-order valence-electron chi connectivity index (χ0n) is 16.4. The van der Waals surface area contributed by atoms with E-state index in [0.29, 0.717) is 18.6 Å². The Morgan fingerprint density at radius 3 is 2.38 bits per heavy atom. The molecule has 3 fully saturated rings. The molecule has 4 rings (SSSR count). The molecule has 4 nitrogen and oxygen atoms in total. The van der Waals surface area contributed by atoms with Crippen LogP contribution in [0.25, 0.3) is 0 Å². The normalized spacial score (nSPS) is 47.5. The third-order valence-electron chi connectivity index (χ3n) is 8.57. The van der Waals surface area contributed by atoms with Crippen molar-refractivity contribution in [1.29, 1.82) is 0 Å². The van der Waals surface area contributed by atoms with Gasteiger partial charge in [-0.3, -0.25) is 14.4 Å². The first-order valence-electron chi connectivity index (χ1n) is 10.1. The molecule has 0 aromatic carbocycles. The van der Waals surface area contributed by atoms with Gasteiger partial charge in [-0.25, -0.2) is 0 Å². The smallest absolute Gasteiger partial charge is 0.302 e. The van der Waals surface area contributed by atoms with Gasteiger partial charge in [-0.1, -0.05) is 26.3 Å². The molecule has 0 heterocycles. The zero-order valence-corrected chi connectivity index (χ0v) is 16.4. The van der Waals surface area contributed by atoms with Gasteiger partial charge in [-0.2, -0.15) is 0 Å². The molecule has 0 N–H and O–H groups in total. The van der Waals surface area contributed by atoms with Crippen LogP contribution in [0.15, 0.2) is 11.6 Å². The number of ketones is 2. The van der Waals surface area contributed by atoms with Crippen LogP contribution in [0.4, 0.5) is 0 Å². The predicted octanol–water partition coefficient (Wildman–Crippen LogP) is 4.02. The fourth-order valence-electron chi connectivity index (χ4n) is 7.13. The maximum absolute atomic E-state index is 13.4. The summed E-state index contributed by atoms with van der Waals surface area (Å²) in [5.74, 6) is 0.751. The molecule has 0 aliphatic heterocycles. The molecule has 3 saturated carbocycles. The van der Waals surface area contributed by atoms with Crippen molar-refractivity contribution in [3.63, 3.8) is 0 Å². The van der Waals surface area contributed by atoms with E-state index in [1.165, 1.54) is 6.92 Å². The van der Waals surface area contributed by atoms with E-state index in [4.69, 9.17) is 4.74 Å². The third-order valence-corrected chi connectivity index (χ3v) is 8.57. The van der Waals surface area contributed by atoms with Crippen LogP contribution in [0.5, 0.6) is 0 Å². The molecule has 6 atom stereocenters. The number of Topliss-reactive ketones (excluding diaryl/α,β-unsaturated/α-hetero) is 1. The highest BCUT2D eigenvalue weighted by Crippen LogP contribution is 2.68. The summed E-state index contributed by atoms with van der Waals surface area (Å²) in [6.07, 6.45) is 7.55. The highest BCUT2D eigenvalue weighted by atomic mass is 16.5. The number of carbonyl (C=O) groups is 3. The molecule has 4 aliphatic rings. The average Bonchev–Trinajstić information content (AvgIpc) is 2.86. The molecule has 0 radical (unpaired) electrons. The first kappa shape index (κ1) is 17.9. The fraction of sp³-hybridized carbons (Fsp3) is 0.773. The van der Waals surface area contributed by atoms with Crippen LogP contribution in [-0.2, 0) is 19.1 Å². The maximum Gasteiger partial charge on any atom is 0.302 e. The summed E-state index contributed by atoms with van der Waals surface area (Å²) in [4.78, 5) is 37.3. The van der Waals surface area contributed by atoms with E-state index in [2.05, 4.69) is 20.8 Å². The Morgan fingerprint density at radius 1 is 1.04 bits per heavy atom. The molecule has 26 heavy (non-hydrogen) atoms. The summed E-state index contributed by atoms with van der Waals surface area (Å²) in [6, 6.07) is 0. The average molecular weight is 358 g/mol. The van der Waals surface area contributed by atoms with E-state index >= 15 is 0 Å². The van der Waals surface area contributed by atoms with Gasteiger partial charge in [0.05, 0.1) is 0 Å². The second-order valence-electron chi connectivity index (χ2n) is 9.73. The van der Waals surface area contributed by atoms with E-state index < -0.39 is 5.41 Å². The number of allylic oxidation sites excluding steroid dienone is 1. The SMILES string of the molecule is CC(=O)O[C@H]1CC[C@@]2(C)C(=CC(=O)[C@]3(C)[C@@H]2CC[C@]2(C)C(=O)CC[C@@H]32)C1. The van der Waals surface area contributed by atoms with Crippen molar-refractivity contribution in [1.82, 2.24) is 0 Å². The Labute approximate surface area is 155 Å². The Balaban J connectivity index is 1.73. The van der Waals surface area contributed by atoms with Crippen molar-refractivity contribution < 1.29 is 19.1 Å². The number of ether oxygens (including phenoxy) is 1. The topological polar surface area (TPSA) is 60.4 Å². The van der Waals surface area contributed by atoms with E-state index in [-0.39, 0.29) is 40.5 Å². The number of hydrogen-bond donors (Lipinski definition) is 0. The van der Waals surface area contributed by atoms with E-state index in [0.717, 1.165) is 37.7 Å². The minimum atomic E-state index is -0.439. The van der Waals surface area contributed by atoms with E-state index in [1.54, 1.807) is 0 Å². The zero-order chi connectivity index (χ0) is 18.9. The van der Waals surface area contributed by atoms with Gasteiger partial charge in [0, 0.05) is 30.6 Å². The fourth-order valence-corrected chi connectivity index (χ4v) is 7.13. The van der Waals surface area contributed by atoms with Crippen LogP contribution in [0.2, 0.25) is 0 Å². The predicted molar refractivity (Wildman–Crippen MR) is 97.3 cm³/mol. The van der Waals surface area contributed by atoms with Crippen molar-refractivity contribution in [2.45, 2.75) is 78.7 Å². The summed E-state index contributed by atoms with van der Waals surface area (Å²) >= 11 is 0. The maximum atomic E-state index is 13.4. The van der Waals surface area contributed by atoms with Gasteiger partial charge in [0.15, 0.2) is 5.78 Å². The highest BCUT2D eigenvalue weighted by Gasteiger charge is 2.66. The van der Waals surface area contributed by atoms with Crippen molar-refractivity contribution in [2.75, 3.05) is 0 Å². The lowest BCUT2D eigenvalue weighted by molar-refractivity contribution is -0.157. The molecule has 0 aromatic rings. The van der Waals surface area contributed by atoms with Crippen molar-refractivity contribution in [3.05, 3.63) is 11.6 Å². The van der Waals surface area contributed by atoms with Crippen LogP contribution in [0.3, 0.4) is 0 Å². The number of carbonyl (C=O) groups excluding carboxylic acids is 3. The van der Waals surface area contributed by atoms with Gasteiger partial charge in [-0.15, -0.1) is 0 Å². The summed E-state index contributed by atoms with van der Waals surface area (Å²) in [7, 11) is 0. The van der Waals surface area contributed by atoms with Gasteiger partial charge >= 0.3 is 5.97 Å². The van der Waals surface area contributed by atoms with E-state index in [1.807, 2.05) is 6.08 Å². The number of fused-ring (bicyclic) bond motifs is 5. The molecule has 0 unspecified atom stereocenters. The minimum absolute atomic E-state index is 0.0216. The summed E-state index contributed by atoms with van der Waals surface area (Å²) in [5, 5.41) is 0. The van der Waals surface area contributed by atoms with E-state index in [9.17, 15) is 14.4 Å². The Hall–Kier alpha value is -1.45. The number of hydrogen-bond acceptors (Lipinski definition) is 4. The molecular weight excluding hydrogens is 328 g/mol. The molecule has 0 aromatic heterocycles. The molecule has 142 valence electrons. The summed E-state index contributed by atoms with van der Waals surface area (Å²) < 4.78 is 5.45. The molecular formula is C22H30O4. The number of esters is 1. The van der Waals surface area contributed by atoms with Crippen LogP contribution >= 0.6 is 0 Å². The van der Waals surface area contributed by atoms with Crippen molar-refractivity contribution in [3.8, 4) is 0 Å². The lowest BCUT2D eigenvalue weighted by atomic mass is 9.42.